The van der Waals surface area contributed by atoms with Gasteiger partial charge >= 0.3 is 0 Å². The zero-order valence-corrected chi connectivity index (χ0v) is 33.0. The van der Waals surface area contributed by atoms with Crippen LogP contribution in [0, 0.1) is 31.1 Å². The molecule has 238 valence electrons. The van der Waals surface area contributed by atoms with Gasteiger partial charge in [0.05, 0.1) is 5.69 Å². The van der Waals surface area contributed by atoms with Gasteiger partial charge < -0.3 is 26.1 Å². The van der Waals surface area contributed by atoms with Crippen LogP contribution < -0.4 is 0 Å². The largest absolute Gasteiger partial charge is 2.00 e. The smallest absolute Gasteiger partial charge is 0.0701 e. The van der Waals surface area contributed by atoms with Crippen LogP contribution in [0.25, 0.3) is 5.32 Å². The molecular weight excluding hydrogens is 746 g/mol. The molecule has 0 heterocycles. The van der Waals surface area contributed by atoms with E-state index in [2.05, 4.69) is 150 Å². The van der Waals surface area contributed by atoms with Crippen molar-refractivity contribution in [2.75, 3.05) is 41.3 Å². The van der Waals surface area contributed by atoms with Gasteiger partial charge in [-0.25, -0.2) is 0 Å². The first-order valence-electron chi connectivity index (χ1n) is 14.7. The van der Waals surface area contributed by atoms with Crippen LogP contribution in [0.1, 0.15) is 115 Å². The molecule has 0 amide bonds. The molecule has 0 saturated carbocycles. The number of likely N-dealkylation sites (N-methyl/N-ethyl adjacent to an activating group) is 2. The van der Waals surface area contributed by atoms with E-state index in [1.165, 1.54) is 22.3 Å². The fourth-order valence-electron chi connectivity index (χ4n) is 4.40. The Labute approximate surface area is 282 Å². The SMILES string of the molecule is CC(/C=C(/C)[N-]c1c(C(C)C)cccc1C(C)C)=Nc1c(C(C)C)cccc1C(C)C.CN(C)CCN(C)C.[O-2].[O-2].[U]. The van der Waals surface area contributed by atoms with Crippen LogP contribution in [0.5, 0.6) is 0 Å². The molecule has 0 N–H and O–H groups in total. The van der Waals surface area contributed by atoms with Crippen molar-refractivity contribution in [1.82, 2.24) is 9.80 Å². The molecule has 0 aliphatic rings. The fraction of sp³-hybridized carbons (Fsp3) is 0.571. The molecular formula is C35H57N4O2U-5. The summed E-state index contributed by atoms with van der Waals surface area (Å²) in [4.78, 5) is 9.44. The maximum absolute atomic E-state index is 5.08. The predicted octanol–water partition coefficient (Wildman–Crippen LogP) is 9.75. The van der Waals surface area contributed by atoms with E-state index in [9.17, 15) is 0 Å². The molecule has 2 aromatic carbocycles. The molecule has 42 heavy (non-hydrogen) atoms. The molecule has 0 bridgehead atoms. The summed E-state index contributed by atoms with van der Waals surface area (Å²) in [5.41, 5.74) is 9.45. The molecule has 0 radical (unpaired) electrons. The monoisotopic (exact) mass is 804 g/mol. The summed E-state index contributed by atoms with van der Waals surface area (Å²) in [6.45, 7) is 24.3. The van der Waals surface area contributed by atoms with Gasteiger partial charge in [-0.15, -0.1) is 5.69 Å². The number of rotatable bonds is 11. The van der Waals surface area contributed by atoms with E-state index in [1.54, 1.807) is 0 Å². The third-order valence-corrected chi connectivity index (χ3v) is 6.67. The van der Waals surface area contributed by atoms with Crippen LogP contribution in [-0.4, -0.2) is 56.8 Å². The average Bonchev–Trinajstić information content (AvgIpc) is 2.82. The average molecular weight is 804 g/mol. The first kappa shape index (κ1) is 45.0. The number of benzene rings is 2. The van der Waals surface area contributed by atoms with Crippen molar-refractivity contribution in [3.05, 3.63) is 75.7 Å². The zero-order chi connectivity index (χ0) is 29.9. The van der Waals surface area contributed by atoms with Crippen molar-refractivity contribution in [3.63, 3.8) is 0 Å². The second-order valence-electron chi connectivity index (χ2n) is 12.4. The normalized spacial score (nSPS) is 11.8. The van der Waals surface area contributed by atoms with Crippen molar-refractivity contribution >= 4 is 17.1 Å². The van der Waals surface area contributed by atoms with Gasteiger partial charge in [0.1, 0.15) is 0 Å². The predicted molar refractivity (Wildman–Crippen MR) is 177 cm³/mol. The summed E-state index contributed by atoms with van der Waals surface area (Å²) in [5.74, 6) is 1.75. The third kappa shape index (κ3) is 15.3. The van der Waals surface area contributed by atoms with Gasteiger partial charge in [-0.1, -0.05) is 116 Å². The van der Waals surface area contributed by atoms with Crippen LogP contribution in [0.3, 0.4) is 0 Å². The topological polar surface area (TPSA) is 89.9 Å². The summed E-state index contributed by atoms with van der Waals surface area (Å²) in [5, 5.41) is 5.08. The van der Waals surface area contributed by atoms with E-state index in [0.29, 0.717) is 23.7 Å². The van der Waals surface area contributed by atoms with Crippen molar-refractivity contribution in [1.29, 1.82) is 0 Å². The Bertz CT molecular complexity index is 1030. The van der Waals surface area contributed by atoms with Gasteiger partial charge in [0.2, 0.25) is 0 Å². The second-order valence-corrected chi connectivity index (χ2v) is 12.4. The molecule has 0 spiro atoms. The Balaban J connectivity index is -0.00000121. The molecule has 0 atom stereocenters. The minimum Gasteiger partial charge on any atom is -2.00 e. The van der Waals surface area contributed by atoms with E-state index in [0.717, 1.165) is 35.9 Å². The molecule has 6 nitrogen and oxygen atoms in total. The Morgan fingerprint density at radius 2 is 1.00 bits per heavy atom. The molecule has 0 fully saturated rings. The van der Waals surface area contributed by atoms with Gasteiger partial charge in [0, 0.05) is 49.9 Å². The molecule has 7 heteroatoms. The Morgan fingerprint density at radius 3 is 1.31 bits per heavy atom. The maximum atomic E-state index is 5.08. The third-order valence-electron chi connectivity index (χ3n) is 6.67. The van der Waals surface area contributed by atoms with Crippen molar-refractivity contribution in [2.45, 2.75) is 92.9 Å². The number of hydrogen-bond donors (Lipinski definition) is 0. The van der Waals surface area contributed by atoms with E-state index < -0.39 is 0 Å². The number of para-hydroxylation sites is 2. The van der Waals surface area contributed by atoms with Gasteiger partial charge in [-0.3, -0.25) is 4.99 Å². The molecule has 0 aliphatic carbocycles. The summed E-state index contributed by atoms with van der Waals surface area (Å²) >= 11 is 0. The quantitative estimate of drug-likeness (QED) is 0.212. The Morgan fingerprint density at radius 1 is 0.667 bits per heavy atom. The molecule has 0 aliphatic heterocycles. The zero-order valence-electron chi connectivity index (χ0n) is 28.9. The minimum atomic E-state index is 0. The Kier molecular flexibility index (Phi) is 23.7. The molecule has 0 saturated heterocycles. The summed E-state index contributed by atoms with van der Waals surface area (Å²) in [6.07, 6.45) is 2.11. The van der Waals surface area contributed by atoms with Crippen LogP contribution in [-0.2, 0) is 11.0 Å². The number of allylic oxidation sites excluding steroid dienone is 2. The number of nitrogens with zero attached hydrogens (tertiary/aromatic N) is 4. The number of hydrogen-bond acceptors (Lipinski definition) is 3. The van der Waals surface area contributed by atoms with Gasteiger partial charge in [-0.05, 0) is 69.9 Å². The van der Waals surface area contributed by atoms with Crippen LogP contribution in [0.15, 0.2) is 53.2 Å². The van der Waals surface area contributed by atoms with Crippen molar-refractivity contribution in [2.24, 2.45) is 4.99 Å². The summed E-state index contributed by atoms with van der Waals surface area (Å²) in [7, 11) is 8.35. The number of aliphatic imine (C=N–C) groups is 1. The molecule has 2 rings (SSSR count). The second kappa shape index (κ2) is 22.1. The fourth-order valence-corrected chi connectivity index (χ4v) is 4.40. The van der Waals surface area contributed by atoms with E-state index in [4.69, 9.17) is 10.3 Å². The van der Waals surface area contributed by atoms with Gasteiger partial charge in [0.25, 0.3) is 0 Å². The first-order chi connectivity index (χ1) is 18.1. The van der Waals surface area contributed by atoms with Crippen LogP contribution in [0.2, 0.25) is 0 Å². The molecule has 0 aromatic heterocycles. The first-order valence-corrected chi connectivity index (χ1v) is 14.7. The maximum Gasteiger partial charge on any atom is 0.0701 e. The van der Waals surface area contributed by atoms with Gasteiger partial charge in [-0.2, -0.15) is 5.70 Å². The van der Waals surface area contributed by atoms with Crippen molar-refractivity contribution < 1.29 is 42.1 Å². The standard InChI is InChI=1S/C29H41N2.C6H16N2.2O.U/c1-18(2)24-13-11-14-25(19(3)4)28(24)30-22(9)17-23(10)31-29-26(20(5)6)15-12-16-27(29)21(7)8;1-7(2)5-6-8(3)4;;;/h11-21H,1-10H3;5-6H2,1-4H3;;;/q-1;;2*-2;/b22-17-,31-23?;;;;. The van der Waals surface area contributed by atoms with Crippen LogP contribution >= 0.6 is 0 Å². The Hall–Kier alpha value is -1.46. The van der Waals surface area contributed by atoms with Crippen LogP contribution in [0.4, 0.5) is 11.4 Å². The van der Waals surface area contributed by atoms with E-state index in [-0.39, 0.29) is 42.1 Å². The van der Waals surface area contributed by atoms with E-state index >= 15 is 0 Å². The van der Waals surface area contributed by atoms with Crippen molar-refractivity contribution in [3.8, 4) is 0 Å². The summed E-state index contributed by atoms with van der Waals surface area (Å²) < 4.78 is 0. The molecule has 0 unspecified atom stereocenters. The van der Waals surface area contributed by atoms with Gasteiger partial charge in [0.15, 0.2) is 0 Å². The van der Waals surface area contributed by atoms with E-state index in [1.807, 2.05) is 0 Å². The summed E-state index contributed by atoms with van der Waals surface area (Å²) in [6, 6.07) is 13.1. The molecule has 2 aromatic rings. The minimum absolute atomic E-state index is 0.